The summed E-state index contributed by atoms with van der Waals surface area (Å²) >= 11 is 6.41. The summed E-state index contributed by atoms with van der Waals surface area (Å²) in [7, 11) is 0. The van der Waals surface area contributed by atoms with Gasteiger partial charge in [0.05, 0.1) is 20.4 Å². The zero-order valence-electron chi connectivity index (χ0n) is 16.5. The van der Waals surface area contributed by atoms with E-state index in [4.69, 9.17) is 17.0 Å². The van der Waals surface area contributed by atoms with Crippen molar-refractivity contribution in [1.82, 2.24) is 4.98 Å². The molecule has 1 amide bonds. The summed E-state index contributed by atoms with van der Waals surface area (Å²) in [6.45, 7) is 0. The molecule has 2 aromatic carbocycles. The van der Waals surface area contributed by atoms with Crippen LogP contribution in [0.5, 0.6) is 11.6 Å². The Kier molecular flexibility index (Phi) is 6.11. The second kappa shape index (κ2) is 9.14. The fourth-order valence-electron chi connectivity index (χ4n) is 2.88. The van der Waals surface area contributed by atoms with E-state index in [0.717, 1.165) is 18.0 Å². The molecule has 3 aromatic rings. The number of amides is 1. The molecule has 0 N–H and O–H groups in total. The number of pyridine rings is 1. The van der Waals surface area contributed by atoms with Crippen molar-refractivity contribution in [2.45, 2.75) is 0 Å². The number of nitrogens with zero attached hydrogens (tertiary/aromatic N) is 4. The van der Waals surface area contributed by atoms with Crippen molar-refractivity contribution in [3.05, 3.63) is 97.6 Å². The highest BCUT2D eigenvalue weighted by Gasteiger charge is 2.33. The first kappa shape index (κ1) is 22.0. The van der Waals surface area contributed by atoms with E-state index >= 15 is 0 Å². The number of non-ortho nitro benzene ring substituents is 1. The standard InChI is InChI=1S/C21H12N4O6S2/c26-20-18(33-21(32)23(20)14-2-1-3-15(11-14)24(27)28)10-13-4-7-17(8-5-13)31-19-9-6-16(12-22-19)25(29)30/h1-12H/b18-10+. The highest BCUT2D eigenvalue weighted by Crippen LogP contribution is 2.37. The van der Waals surface area contributed by atoms with E-state index in [1.807, 2.05) is 0 Å². The molecule has 1 aliphatic rings. The van der Waals surface area contributed by atoms with Crippen molar-refractivity contribution in [3.8, 4) is 11.6 Å². The summed E-state index contributed by atoms with van der Waals surface area (Å²) in [6, 6.07) is 15.2. The van der Waals surface area contributed by atoms with Gasteiger partial charge in [-0.1, -0.05) is 42.2 Å². The normalized spacial score (nSPS) is 14.5. The molecular formula is C21H12N4O6S2. The molecule has 0 bridgehead atoms. The lowest BCUT2D eigenvalue weighted by atomic mass is 10.2. The van der Waals surface area contributed by atoms with Crippen LogP contribution in [0.3, 0.4) is 0 Å². The van der Waals surface area contributed by atoms with Crippen LogP contribution in [0.25, 0.3) is 6.08 Å². The summed E-state index contributed by atoms with van der Waals surface area (Å²) in [5, 5.41) is 21.7. The number of anilines is 1. The number of thioether (sulfide) groups is 1. The van der Waals surface area contributed by atoms with E-state index in [-0.39, 0.29) is 27.5 Å². The number of benzene rings is 2. The number of hydrogen-bond donors (Lipinski definition) is 0. The molecule has 0 unspecified atom stereocenters. The Labute approximate surface area is 195 Å². The van der Waals surface area contributed by atoms with E-state index < -0.39 is 9.85 Å². The topological polar surface area (TPSA) is 129 Å². The van der Waals surface area contributed by atoms with Crippen molar-refractivity contribution in [2.24, 2.45) is 0 Å². The number of carbonyl (C=O) groups excluding carboxylic acids is 1. The quantitative estimate of drug-likeness (QED) is 0.205. The van der Waals surface area contributed by atoms with Crippen LogP contribution in [0.2, 0.25) is 0 Å². The van der Waals surface area contributed by atoms with Crippen LogP contribution in [0.15, 0.2) is 71.8 Å². The number of nitro groups is 2. The van der Waals surface area contributed by atoms with Crippen LogP contribution < -0.4 is 9.64 Å². The number of aromatic nitrogens is 1. The number of hydrogen-bond acceptors (Lipinski definition) is 9. The molecule has 4 rings (SSSR count). The van der Waals surface area contributed by atoms with Crippen molar-refractivity contribution >= 4 is 57.3 Å². The summed E-state index contributed by atoms with van der Waals surface area (Å²) in [5.41, 5.74) is 0.761. The highest BCUT2D eigenvalue weighted by molar-refractivity contribution is 8.27. The molecule has 12 heteroatoms. The first-order valence-electron chi connectivity index (χ1n) is 9.22. The Balaban J connectivity index is 1.49. The summed E-state index contributed by atoms with van der Waals surface area (Å²) in [6.07, 6.45) is 2.76. The zero-order chi connectivity index (χ0) is 23.5. The third kappa shape index (κ3) is 4.86. The van der Waals surface area contributed by atoms with E-state index in [1.54, 1.807) is 36.4 Å². The van der Waals surface area contributed by atoms with Crippen LogP contribution in [0.1, 0.15) is 5.56 Å². The largest absolute Gasteiger partial charge is 0.439 e. The molecule has 0 spiro atoms. The smallest absolute Gasteiger partial charge is 0.287 e. The van der Waals surface area contributed by atoms with Crippen LogP contribution in [0, 0.1) is 20.2 Å². The first-order chi connectivity index (χ1) is 15.8. The van der Waals surface area contributed by atoms with Gasteiger partial charge in [0.15, 0.2) is 4.32 Å². The molecule has 1 fully saturated rings. The van der Waals surface area contributed by atoms with Crippen LogP contribution in [0.4, 0.5) is 17.1 Å². The average Bonchev–Trinajstić information content (AvgIpc) is 3.08. The number of rotatable bonds is 6. The minimum Gasteiger partial charge on any atom is -0.439 e. The second-order valence-electron chi connectivity index (χ2n) is 6.58. The summed E-state index contributed by atoms with van der Waals surface area (Å²) < 4.78 is 5.85. The molecule has 1 aliphatic heterocycles. The van der Waals surface area contributed by atoms with Crippen LogP contribution in [-0.4, -0.2) is 25.1 Å². The summed E-state index contributed by atoms with van der Waals surface area (Å²) in [4.78, 5) is 39.0. The van der Waals surface area contributed by atoms with Gasteiger partial charge in [-0.3, -0.25) is 29.9 Å². The van der Waals surface area contributed by atoms with Gasteiger partial charge in [-0.2, -0.15) is 0 Å². The maximum Gasteiger partial charge on any atom is 0.287 e. The number of nitro benzene ring substituents is 1. The average molecular weight is 480 g/mol. The lowest BCUT2D eigenvalue weighted by molar-refractivity contribution is -0.385. The Morgan fingerprint density at radius 3 is 2.36 bits per heavy atom. The van der Waals surface area contributed by atoms with Gasteiger partial charge in [-0.15, -0.1) is 0 Å². The van der Waals surface area contributed by atoms with Gasteiger partial charge in [0.2, 0.25) is 5.88 Å². The Bertz CT molecular complexity index is 1310. The van der Waals surface area contributed by atoms with E-state index in [2.05, 4.69) is 4.98 Å². The minimum absolute atomic E-state index is 0.136. The first-order valence-corrected chi connectivity index (χ1v) is 10.4. The second-order valence-corrected chi connectivity index (χ2v) is 8.25. The molecule has 10 nitrogen and oxygen atoms in total. The summed E-state index contributed by atoms with van der Waals surface area (Å²) in [5.74, 6) is 0.282. The van der Waals surface area contributed by atoms with Crippen LogP contribution >= 0.6 is 24.0 Å². The molecule has 2 heterocycles. The fourth-order valence-corrected chi connectivity index (χ4v) is 4.18. The Morgan fingerprint density at radius 1 is 1.00 bits per heavy atom. The van der Waals surface area contributed by atoms with E-state index in [9.17, 15) is 25.0 Å². The molecule has 1 saturated heterocycles. The predicted molar refractivity (Wildman–Crippen MR) is 126 cm³/mol. The van der Waals surface area contributed by atoms with Gasteiger partial charge in [0.25, 0.3) is 17.3 Å². The van der Waals surface area contributed by atoms with Crippen molar-refractivity contribution in [1.29, 1.82) is 0 Å². The fraction of sp³-hybridized carbons (Fsp3) is 0. The maximum absolute atomic E-state index is 12.9. The van der Waals surface area contributed by atoms with Gasteiger partial charge < -0.3 is 4.74 Å². The van der Waals surface area contributed by atoms with E-state index in [0.29, 0.717) is 21.9 Å². The lowest BCUT2D eigenvalue weighted by Gasteiger charge is -2.13. The molecule has 1 aromatic heterocycles. The molecule has 0 saturated carbocycles. The number of ether oxygens (including phenoxy) is 1. The molecule has 0 atom stereocenters. The third-order valence-electron chi connectivity index (χ3n) is 4.42. The Hall–Kier alpha value is -4.16. The van der Waals surface area contributed by atoms with Crippen molar-refractivity contribution in [2.75, 3.05) is 4.90 Å². The minimum atomic E-state index is -0.548. The van der Waals surface area contributed by atoms with Crippen LogP contribution in [-0.2, 0) is 4.79 Å². The third-order valence-corrected chi connectivity index (χ3v) is 5.73. The zero-order valence-corrected chi connectivity index (χ0v) is 18.1. The number of carbonyl (C=O) groups is 1. The molecule has 33 heavy (non-hydrogen) atoms. The SMILES string of the molecule is O=C1/C(=C\c2ccc(Oc3ccc([N+](=O)[O-])cn3)cc2)SC(=S)N1c1cccc([N+](=O)[O-])c1. The van der Waals surface area contributed by atoms with Gasteiger partial charge in [-0.05, 0) is 29.8 Å². The molecule has 0 aliphatic carbocycles. The maximum atomic E-state index is 12.9. The molecular weight excluding hydrogens is 468 g/mol. The lowest BCUT2D eigenvalue weighted by Crippen LogP contribution is -2.27. The van der Waals surface area contributed by atoms with Gasteiger partial charge in [-0.25, -0.2) is 4.98 Å². The van der Waals surface area contributed by atoms with Crippen molar-refractivity contribution < 1.29 is 19.4 Å². The molecule has 0 radical (unpaired) electrons. The van der Waals surface area contributed by atoms with Gasteiger partial charge in [0, 0.05) is 24.3 Å². The highest BCUT2D eigenvalue weighted by atomic mass is 32.2. The molecule has 164 valence electrons. The van der Waals surface area contributed by atoms with Gasteiger partial charge >= 0.3 is 0 Å². The number of thiocarbonyl (C=S) groups is 1. The van der Waals surface area contributed by atoms with E-state index in [1.165, 1.54) is 35.2 Å². The predicted octanol–water partition coefficient (Wildman–Crippen LogP) is 5.10. The van der Waals surface area contributed by atoms with Gasteiger partial charge in [0.1, 0.15) is 11.9 Å². The monoisotopic (exact) mass is 480 g/mol. The Morgan fingerprint density at radius 2 is 1.73 bits per heavy atom. The van der Waals surface area contributed by atoms with Crippen molar-refractivity contribution in [3.63, 3.8) is 0 Å².